The highest BCUT2D eigenvalue weighted by Crippen LogP contribution is 2.39. The van der Waals surface area contributed by atoms with E-state index >= 15 is 0 Å². The molecule has 170 valence electrons. The monoisotopic (exact) mass is 428 g/mol. The van der Waals surface area contributed by atoms with Gasteiger partial charge in [0.05, 0.1) is 14.2 Å². The van der Waals surface area contributed by atoms with E-state index in [2.05, 4.69) is 6.92 Å². The highest BCUT2D eigenvalue weighted by atomic mass is 16.5. The van der Waals surface area contributed by atoms with Crippen LogP contribution in [0.2, 0.25) is 0 Å². The molecule has 31 heavy (non-hydrogen) atoms. The molecule has 2 amide bonds. The maximum absolute atomic E-state index is 13.9. The molecule has 3 fully saturated rings. The molecule has 0 radical (unpaired) electrons. The Morgan fingerprint density at radius 1 is 0.839 bits per heavy atom. The molecule has 0 N–H and O–H groups in total. The molecular formula is C25H36N2O4. The number of hydrogen-bond donors (Lipinski definition) is 0. The number of methoxy groups -OCH3 is 2. The Morgan fingerprint density at radius 3 is 2.16 bits per heavy atom. The van der Waals surface area contributed by atoms with Crippen LogP contribution in [0.4, 0.5) is 0 Å². The fourth-order valence-electron chi connectivity index (χ4n) is 5.69. The first-order valence-corrected chi connectivity index (χ1v) is 11.9. The maximum atomic E-state index is 13.9. The molecular weight excluding hydrogens is 392 g/mol. The molecule has 0 aromatic heterocycles. The number of piperazine rings is 1. The van der Waals surface area contributed by atoms with Crippen molar-refractivity contribution < 1.29 is 19.1 Å². The van der Waals surface area contributed by atoms with Crippen molar-refractivity contribution in [2.24, 2.45) is 5.92 Å². The van der Waals surface area contributed by atoms with Crippen LogP contribution in [0, 0.1) is 5.92 Å². The largest absolute Gasteiger partial charge is 0.493 e. The third-order valence-corrected chi connectivity index (χ3v) is 7.51. The molecule has 2 aliphatic carbocycles. The molecule has 1 atom stereocenters. The van der Waals surface area contributed by atoms with Gasteiger partial charge in [0.2, 0.25) is 5.91 Å². The molecule has 4 rings (SSSR count). The molecule has 0 spiro atoms. The zero-order chi connectivity index (χ0) is 22.0. The molecule has 0 bridgehead atoms. The molecule has 6 nitrogen and oxygen atoms in total. The standard InChI is InChI=1S/C25H36N2O4/c1-17-9-12-19(13-10-17)26-16-23(28)27(20-7-5-4-6-8-20)24(25(26)29)18-11-14-21(30-2)22(15-18)31-3/h11,14-15,17,19-20,24H,4-10,12-13,16H2,1-3H3. The Morgan fingerprint density at radius 2 is 1.52 bits per heavy atom. The lowest BCUT2D eigenvalue weighted by Gasteiger charge is -2.48. The fourth-order valence-corrected chi connectivity index (χ4v) is 5.69. The van der Waals surface area contributed by atoms with Gasteiger partial charge in [0, 0.05) is 12.1 Å². The van der Waals surface area contributed by atoms with Crippen molar-refractivity contribution in [1.82, 2.24) is 9.80 Å². The topological polar surface area (TPSA) is 59.1 Å². The second-order valence-corrected chi connectivity index (χ2v) is 9.49. The van der Waals surface area contributed by atoms with Gasteiger partial charge in [0.1, 0.15) is 12.6 Å². The summed E-state index contributed by atoms with van der Waals surface area (Å²) in [6, 6.07) is 5.35. The molecule has 1 aromatic carbocycles. The summed E-state index contributed by atoms with van der Waals surface area (Å²) in [7, 11) is 3.21. The van der Waals surface area contributed by atoms with Crippen LogP contribution in [0.1, 0.15) is 76.3 Å². The highest BCUT2D eigenvalue weighted by molar-refractivity contribution is 5.96. The van der Waals surface area contributed by atoms with Gasteiger partial charge in [-0.15, -0.1) is 0 Å². The molecule has 1 saturated heterocycles. The van der Waals surface area contributed by atoms with Gasteiger partial charge in [-0.1, -0.05) is 32.3 Å². The normalized spacial score (nSPS) is 28.0. The number of nitrogens with zero attached hydrogens (tertiary/aromatic N) is 2. The number of carbonyl (C=O) groups is 2. The molecule has 1 unspecified atom stereocenters. The lowest BCUT2D eigenvalue weighted by molar-refractivity contribution is -0.162. The van der Waals surface area contributed by atoms with Crippen molar-refractivity contribution >= 4 is 11.8 Å². The summed E-state index contributed by atoms with van der Waals surface area (Å²) in [5, 5.41) is 0. The van der Waals surface area contributed by atoms with Crippen LogP contribution in [0.3, 0.4) is 0 Å². The van der Waals surface area contributed by atoms with Gasteiger partial charge in [0.15, 0.2) is 11.5 Å². The van der Waals surface area contributed by atoms with E-state index in [1.807, 2.05) is 28.0 Å². The number of benzene rings is 1. The SMILES string of the molecule is COc1ccc(C2C(=O)N(C3CCC(C)CC3)CC(=O)N2C2CCCCC2)cc1OC. The summed E-state index contributed by atoms with van der Waals surface area (Å²) >= 11 is 0. The average Bonchev–Trinajstić information content (AvgIpc) is 2.80. The molecule has 3 aliphatic rings. The summed E-state index contributed by atoms with van der Waals surface area (Å²) in [5.74, 6) is 2.07. The first kappa shape index (κ1) is 22.0. The first-order valence-electron chi connectivity index (χ1n) is 11.9. The third-order valence-electron chi connectivity index (χ3n) is 7.51. The van der Waals surface area contributed by atoms with Gasteiger partial charge in [-0.3, -0.25) is 9.59 Å². The third kappa shape index (κ3) is 4.39. The Labute approximate surface area is 185 Å². The van der Waals surface area contributed by atoms with Gasteiger partial charge in [-0.25, -0.2) is 0 Å². The van der Waals surface area contributed by atoms with Crippen molar-refractivity contribution in [2.75, 3.05) is 20.8 Å². The van der Waals surface area contributed by atoms with Crippen LogP contribution in [0.25, 0.3) is 0 Å². The summed E-state index contributed by atoms with van der Waals surface area (Å²) in [4.78, 5) is 31.2. The van der Waals surface area contributed by atoms with E-state index in [-0.39, 0.29) is 30.4 Å². The van der Waals surface area contributed by atoms with Gasteiger partial charge < -0.3 is 19.3 Å². The minimum Gasteiger partial charge on any atom is -0.493 e. The minimum absolute atomic E-state index is 0.0666. The van der Waals surface area contributed by atoms with Crippen LogP contribution in [0.5, 0.6) is 11.5 Å². The number of ether oxygens (including phenoxy) is 2. The number of carbonyl (C=O) groups excluding carboxylic acids is 2. The number of amides is 2. The van der Waals surface area contributed by atoms with Crippen molar-refractivity contribution in [2.45, 2.75) is 82.8 Å². The van der Waals surface area contributed by atoms with Crippen LogP contribution in [-0.2, 0) is 9.59 Å². The molecule has 1 aromatic rings. The Bertz CT molecular complexity index is 797. The number of hydrogen-bond acceptors (Lipinski definition) is 4. The van der Waals surface area contributed by atoms with E-state index in [1.165, 1.54) is 6.42 Å². The Balaban J connectivity index is 1.69. The van der Waals surface area contributed by atoms with Crippen LogP contribution < -0.4 is 9.47 Å². The summed E-state index contributed by atoms with van der Waals surface area (Å²) in [6.45, 7) is 2.49. The Kier molecular flexibility index (Phi) is 6.73. The van der Waals surface area contributed by atoms with Crippen molar-refractivity contribution in [1.29, 1.82) is 0 Å². The average molecular weight is 429 g/mol. The smallest absolute Gasteiger partial charge is 0.250 e. The van der Waals surface area contributed by atoms with Crippen LogP contribution in [0.15, 0.2) is 18.2 Å². The molecule has 2 saturated carbocycles. The summed E-state index contributed by atoms with van der Waals surface area (Å²) in [6.07, 6.45) is 9.61. The van der Waals surface area contributed by atoms with E-state index < -0.39 is 6.04 Å². The lowest BCUT2D eigenvalue weighted by Crippen LogP contribution is -2.61. The van der Waals surface area contributed by atoms with Crippen molar-refractivity contribution in [3.63, 3.8) is 0 Å². The van der Waals surface area contributed by atoms with Crippen molar-refractivity contribution in [3.05, 3.63) is 23.8 Å². The van der Waals surface area contributed by atoms with Gasteiger partial charge in [-0.2, -0.15) is 0 Å². The van der Waals surface area contributed by atoms with Crippen LogP contribution >= 0.6 is 0 Å². The van der Waals surface area contributed by atoms with Crippen LogP contribution in [-0.4, -0.2) is 54.5 Å². The zero-order valence-electron chi connectivity index (χ0n) is 19.1. The van der Waals surface area contributed by atoms with Gasteiger partial charge in [-0.05, 0) is 62.1 Å². The highest BCUT2D eigenvalue weighted by Gasteiger charge is 2.46. The molecule has 1 aliphatic heterocycles. The molecule has 6 heteroatoms. The number of rotatable bonds is 5. The van der Waals surface area contributed by atoms with E-state index in [0.29, 0.717) is 17.4 Å². The van der Waals surface area contributed by atoms with Gasteiger partial charge in [0.25, 0.3) is 5.91 Å². The molecule has 1 heterocycles. The van der Waals surface area contributed by atoms with E-state index in [1.54, 1.807) is 14.2 Å². The predicted octanol–water partition coefficient (Wildman–Crippen LogP) is 4.33. The lowest BCUT2D eigenvalue weighted by atomic mass is 9.85. The van der Waals surface area contributed by atoms with E-state index in [9.17, 15) is 9.59 Å². The van der Waals surface area contributed by atoms with Crippen molar-refractivity contribution in [3.8, 4) is 11.5 Å². The summed E-state index contributed by atoms with van der Waals surface area (Å²) in [5.41, 5.74) is 0.815. The first-order chi connectivity index (χ1) is 15.0. The second-order valence-electron chi connectivity index (χ2n) is 9.49. The maximum Gasteiger partial charge on any atom is 0.250 e. The predicted molar refractivity (Wildman–Crippen MR) is 119 cm³/mol. The van der Waals surface area contributed by atoms with E-state index in [0.717, 1.165) is 56.9 Å². The van der Waals surface area contributed by atoms with E-state index in [4.69, 9.17) is 9.47 Å². The fraction of sp³-hybridized carbons (Fsp3) is 0.680. The zero-order valence-corrected chi connectivity index (χ0v) is 19.1. The quantitative estimate of drug-likeness (QED) is 0.701. The van der Waals surface area contributed by atoms with Gasteiger partial charge >= 0.3 is 0 Å². The summed E-state index contributed by atoms with van der Waals surface area (Å²) < 4.78 is 10.9. The Hall–Kier alpha value is -2.24. The second kappa shape index (κ2) is 9.49. The minimum atomic E-state index is -0.580.